The van der Waals surface area contributed by atoms with Crippen molar-refractivity contribution in [2.24, 2.45) is 0 Å². The molecule has 1 aromatic heterocycles. The normalized spacial score (nSPS) is 25.7. The minimum absolute atomic E-state index is 0.0406. The molecule has 0 saturated carbocycles. The van der Waals surface area contributed by atoms with Crippen LogP contribution in [0.3, 0.4) is 0 Å². The summed E-state index contributed by atoms with van der Waals surface area (Å²) in [6.45, 7) is -0.0406. The molecule has 2 atom stereocenters. The van der Waals surface area contributed by atoms with Gasteiger partial charge in [0.2, 0.25) is 5.95 Å². The van der Waals surface area contributed by atoms with Crippen LogP contribution < -0.4 is 11.4 Å². The van der Waals surface area contributed by atoms with E-state index in [9.17, 15) is 4.79 Å². The lowest BCUT2D eigenvalue weighted by atomic mass is 10.2. The first kappa shape index (κ1) is 10.1. The molecule has 7 heteroatoms. The highest BCUT2D eigenvalue weighted by atomic mass is 16.5. The highest BCUT2D eigenvalue weighted by Gasteiger charge is 2.26. The van der Waals surface area contributed by atoms with E-state index in [1.54, 1.807) is 0 Å². The summed E-state index contributed by atoms with van der Waals surface area (Å²) in [5, 5.41) is 8.88. The van der Waals surface area contributed by atoms with Crippen LogP contribution in [0.25, 0.3) is 0 Å². The van der Waals surface area contributed by atoms with Crippen molar-refractivity contribution in [1.29, 1.82) is 0 Å². The molecule has 0 radical (unpaired) electrons. The first-order chi connectivity index (χ1) is 7.20. The Bertz CT molecular complexity index is 405. The van der Waals surface area contributed by atoms with E-state index in [1.807, 2.05) is 0 Å². The topological polar surface area (TPSA) is 103 Å². The minimum Gasteiger partial charge on any atom is -0.394 e. The number of anilines is 1. The number of nitrogens with zero attached hydrogens (tertiary/aromatic N) is 3. The third kappa shape index (κ3) is 1.97. The van der Waals surface area contributed by atoms with Crippen molar-refractivity contribution in [2.75, 3.05) is 12.3 Å². The zero-order valence-corrected chi connectivity index (χ0v) is 8.04. The summed E-state index contributed by atoms with van der Waals surface area (Å²) < 4.78 is 6.69. The summed E-state index contributed by atoms with van der Waals surface area (Å²) in [7, 11) is 0. The largest absolute Gasteiger partial charge is 0.394 e. The standard InChI is InChI=1S/C8H12N4O3/c9-7-10-4-12(8(14)11-7)6-2-1-5(3-13)15-6/h4-6,13H,1-3H2,(H2,9,11,14)/t5-,6+/m1/s1. The number of hydrogen-bond donors (Lipinski definition) is 2. The molecule has 3 N–H and O–H groups in total. The first-order valence-corrected chi connectivity index (χ1v) is 4.67. The smallest absolute Gasteiger partial charge is 0.354 e. The Morgan fingerprint density at radius 3 is 3.07 bits per heavy atom. The first-order valence-electron chi connectivity index (χ1n) is 4.67. The van der Waals surface area contributed by atoms with Gasteiger partial charge < -0.3 is 15.6 Å². The Labute approximate surface area is 85.5 Å². The Balaban J connectivity index is 2.20. The van der Waals surface area contributed by atoms with Crippen LogP contribution in [-0.4, -0.2) is 32.4 Å². The Morgan fingerprint density at radius 2 is 2.47 bits per heavy atom. The minimum atomic E-state index is -0.480. The molecule has 15 heavy (non-hydrogen) atoms. The molecule has 1 saturated heterocycles. The van der Waals surface area contributed by atoms with Gasteiger partial charge in [0.05, 0.1) is 12.7 Å². The van der Waals surface area contributed by atoms with Gasteiger partial charge in [0, 0.05) is 0 Å². The third-order valence-corrected chi connectivity index (χ3v) is 2.34. The molecule has 1 aliphatic heterocycles. The average molecular weight is 212 g/mol. The molecule has 2 heterocycles. The lowest BCUT2D eigenvalue weighted by Gasteiger charge is -2.13. The van der Waals surface area contributed by atoms with E-state index in [0.717, 1.165) is 6.42 Å². The lowest BCUT2D eigenvalue weighted by molar-refractivity contribution is -0.0250. The summed E-state index contributed by atoms with van der Waals surface area (Å²) in [5.74, 6) is -0.0482. The SMILES string of the molecule is Nc1ncn([C@@H]2CC[C@H](CO)O2)c(=O)n1. The number of hydrogen-bond acceptors (Lipinski definition) is 6. The average Bonchev–Trinajstić information content (AvgIpc) is 2.66. The van der Waals surface area contributed by atoms with Crippen molar-refractivity contribution in [3.63, 3.8) is 0 Å². The van der Waals surface area contributed by atoms with Gasteiger partial charge >= 0.3 is 5.69 Å². The summed E-state index contributed by atoms with van der Waals surface area (Å²) >= 11 is 0. The zero-order valence-electron chi connectivity index (χ0n) is 8.04. The molecule has 7 nitrogen and oxygen atoms in total. The van der Waals surface area contributed by atoms with Crippen molar-refractivity contribution < 1.29 is 9.84 Å². The summed E-state index contributed by atoms with van der Waals surface area (Å²) in [5.41, 5.74) is 4.78. The molecule has 82 valence electrons. The van der Waals surface area contributed by atoms with Gasteiger partial charge in [-0.1, -0.05) is 0 Å². The molecule has 0 aromatic carbocycles. The van der Waals surface area contributed by atoms with E-state index in [-0.39, 0.29) is 18.7 Å². The molecule has 0 bridgehead atoms. The fraction of sp³-hybridized carbons (Fsp3) is 0.625. The Kier molecular flexibility index (Phi) is 2.65. The Hall–Kier alpha value is -1.47. The van der Waals surface area contributed by atoms with Crippen LogP contribution in [0.2, 0.25) is 0 Å². The second-order valence-corrected chi connectivity index (χ2v) is 3.38. The van der Waals surface area contributed by atoms with Crippen LogP contribution in [0, 0.1) is 0 Å². The monoisotopic (exact) mass is 212 g/mol. The maximum atomic E-state index is 11.4. The van der Waals surface area contributed by atoms with Gasteiger partial charge in [0.1, 0.15) is 12.6 Å². The molecule has 1 aliphatic rings. The third-order valence-electron chi connectivity index (χ3n) is 2.34. The molecular weight excluding hydrogens is 200 g/mol. The molecule has 0 amide bonds. The van der Waals surface area contributed by atoms with E-state index in [0.29, 0.717) is 6.42 Å². The molecule has 1 aromatic rings. The predicted octanol–water partition coefficient (Wildman–Crippen LogP) is -1.11. The molecule has 2 rings (SSSR count). The summed E-state index contributed by atoms with van der Waals surface area (Å²) in [4.78, 5) is 18.6. The van der Waals surface area contributed by atoms with Crippen LogP contribution in [0.4, 0.5) is 5.95 Å². The van der Waals surface area contributed by atoms with Crippen LogP contribution in [0.1, 0.15) is 19.1 Å². The van der Waals surface area contributed by atoms with E-state index in [1.165, 1.54) is 10.9 Å². The van der Waals surface area contributed by atoms with Gasteiger partial charge in [0.25, 0.3) is 0 Å². The van der Waals surface area contributed by atoms with Crippen LogP contribution in [-0.2, 0) is 4.74 Å². The van der Waals surface area contributed by atoms with E-state index in [4.69, 9.17) is 15.6 Å². The second kappa shape index (κ2) is 3.95. The van der Waals surface area contributed by atoms with E-state index < -0.39 is 11.9 Å². The van der Waals surface area contributed by atoms with Crippen LogP contribution in [0.15, 0.2) is 11.1 Å². The molecule has 1 fully saturated rings. The predicted molar refractivity (Wildman–Crippen MR) is 50.9 cm³/mol. The van der Waals surface area contributed by atoms with Gasteiger partial charge in [-0.3, -0.25) is 4.57 Å². The number of aromatic nitrogens is 3. The van der Waals surface area contributed by atoms with E-state index >= 15 is 0 Å². The molecule has 0 spiro atoms. The molecular formula is C8H12N4O3. The van der Waals surface area contributed by atoms with E-state index in [2.05, 4.69) is 9.97 Å². The van der Waals surface area contributed by atoms with Crippen LogP contribution in [0.5, 0.6) is 0 Å². The van der Waals surface area contributed by atoms with Crippen LogP contribution >= 0.6 is 0 Å². The van der Waals surface area contributed by atoms with Gasteiger partial charge in [-0.25, -0.2) is 9.78 Å². The number of aliphatic hydroxyl groups is 1. The fourth-order valence-corrected chi connectivity index (χ4v) is 1.58. The van der Waals surface area contributed by atoms with Crippen molar-refractivity contribution in [3.05, 3.63) is 16.8 Å². The molecule has 0 unspecified atom stereocenters. The Morgan fingerprint density at radius 1 is 1.67 bits per heavy atom. The quantitative estimate of drug-likeness (QED) is 0.644. The highest BCUT2D eigenvalue weighted by Crippen LogP contribution is 2.26. The maximum absolute atomic E-state index is 11.4. The van der Waals surface area contributed by atoms with Gasteiger partial charge in [0.15, 0.2) is 0 Å². The number of aliphatic hydroxyl groups excluding tert-OH is 1. The number of nitrogens with two attached hydrogens (primary N) is 1. The number of ether oxygens (including phenoxy) is 1. The maximum Gasteiger partial charge on any atom is 0.354 e. The second-order valence-electron chi connectivity index (χ2n) is 3.38. The summed E-state index contributed by atoms with van der Waals surface area (Å²) in [6.07, 6.45) is 2.10. The van der Waals surface area contributed by atoms with Crippen molar-refractivity contribution >= 4 is 5.95 Å². The summed E-state index contributed by atoms with van der Waals surface area (Å²) in [6, 6.07) is 0. The number of nitrogen functional groups attached to an aromatic ring is 1. The molecule has 0 aliphatic carbocycles. The number of rotatable bonds is 2. The fourth-order valence-electron chi connectivity index (χ4n) is 1.58. The van der Waals surface area contributed by atoms with Gasteiger partial charge in [-0.2, -0.15) is 4.98 Å². The zero-order chi connectivity index (χ0) is 10.8. The highest BCUT2D eigenvalue weighted by molar-refractivity contribution is 5.09. The van der Waals surface area contributed by atoms with Crippen molar-refractivity contribution in [3.8, 4) is 0 Å². The van der Waals surface area contributed by atoms with Crippen molar-refractivity contribution in [2.45, 2.75) is 25.2 Å². The van der Waals surface area contributed by atoms with Gasteiger partial charge in [-0.05, 0) is 12.8 Å². The van der Waals surface area contributed by atoms with Gasteiger partial charge in [-0.15, -0.1) is 0 Å². The van der Waals surface area contributed by atoms with Crippen molar-refractivity contribution in [1.82, 2.24) is 14.5 Å². The lowest BCUT2D eigenvalue weighted by Crippen LogP contribution is -2.28.